The molecule has 0 unspecified atom stereocenters. The van der Waals surface area contributed by atoms with Crippen LogP contribution in [0.4, 0.5) is 11.6 Å². The van der Waals surface area contributed by atoms with Gasteiger partial charge < -0.3 is 10.2 Å². The zero-order valence-corrected chi connectivity index (χ0v) is 19.5. The molecule has 0 bridgehead atoms. The van der Waals surface area contributed by atoms with E-state index in [1.807, 2.05) is 31.6 Å². The average molecular weight is 458 g/mol. The van der Waals surface area contributed by atoms with Gasteiger partial charge in [0.25, 0.3) is 5.91 Å². The number of piperazine rings is 1. The van der Waals surface area contributed by atoms with Crippen molar-refractivity contribution >= 4 is 28.3 Å². The predicted octanol–water partition coefficient (Wildman–Crippen LogP) is 2.60. The molecule has 4 aromatic heterocycles. The third-order valence-electron chi connectivity index (χ3n) is 6.09. The molecular formula is C24H27N9O. The Morgan fingerprint density at radius 3 is 2.50 bits per heavy atom. The van der Waals surface area contributed by atoms with Gasteiger partial charge in [-0.05, 0) is 43.5 Å². The van der Waals surface area contributed by atoms with E-state index >= 15 is 0 Å². The van der Waals surface area contributed by atoms with Crippen molar-refractivity contribution in [2.45, 2.75) is 19.9 Å². The first-order valence-corrected chi connectivity index (χ1v) is 11.4. The summed E-state index contributed by atoms with van der Waals surface area (Å²) in [5.41, 5.74) is 1.93. The third kappa shape index (κ3) is 4.44. The highest BCUT2D eigenvalue weighted by Gasteiger charge is 2.23. The first-order chi connectivity index (χ1) is 16.5. The smallest absolute Gasteiger partial charge is 0.256 e. The maximum Gasteiger partial charge on any atom is 0.256 e. The topological polar surface area (TPSA) is 105 Å². The van der Waals surface area contributed by atoms with Crippen LogP contribution in [0.5, 0.6) is 0 Å². The Morgan fingerprint density at radius 2 is 1.82 bits per heavy atom. The zero-order valence-electron chi connectivity index (χ0n) is 19.5. The second-order valence-corrected chi connectivity index (χ2v) is 8.71. The summed E-state index contributed by atoms with van der Waals surface area (Å²) in [6, 6.07) is 7.71. The number of hydrogen-bond acceptors (Lipinski definition) is 8. The van der Waals surface area contributed by atoms with Gasteiger partial charge >= 0.3 is 0 Å². The minimum atomic E-state index is -0.229. The summed E-state index contributed by atoms with van der Waals surface area (Å²) in [7, 11) is 1.82. The lowest BCUT2D eigenvalue weighted by molar-refractivity contribution is 0.102. The van der Waals surface area contributed by atoms with Crippen LogP contribution in [-0.4, -0.2) is 73.0 Å². The Labute approximate surface area is 197 Å². The monoisotopic (exact) mass is 457 g/mol. The molecule has 4 aromatic rings. The number of nitrogens with one attached hydrogen (secondary N) is 1. The lowest BCUT2D eigenvalue weighted by Crippen LogP contribution is -2.49. The molecule has 1 amide bonds. The maximum atomic E-state index is 12.8. The molecule has 0 atom stereocenters. The van der Waals surface area contributed by atoms with Gasteiger partial charge in [-0.1, -0.05) is 5.21 Å². The van der Waals surface area contributed by atoms with Gasteiger partial charge in [-0.25, -0.2) is 4.98 Å². The van der Waals surface area contributed by atoms with Crippen molar-refractivity contribution in [1.29, 1.82) is 0 Å². The number of aryl methyl sites for hydroxylation is 1. The fourth-order valence-electron chi connectivity index (χ4n) is 4.18. The van der Waals surface area contributed by atoms with Crippen molar-refractivity contribution in [2.24, 2.45) is 7.05 Å². The molecule has 1 aliphatic heterocycles. The van der Waals surface area contributed by atoms with Gasteiger partial charge in [0.05, 0.1) is 11.9 Å². The largest absolute Gasteiger partial charge is 0.353 e. The number of carbonyl (C=O) groups excluding carboxylic acids is 1. The van der Waals surface area contributed by atoms with Crippen LogP contribution in [0.25, 0.3) is 22.2 Å². The zero-order chi connectivity index (χ0) is 23.7. The van der Waals surface area contributed by atoms with Crippen molar-refractivity contribution < 1.29 is 4.79 Å². The van der Waals surface area contributed by atoms with Gasteiger partial charge in [-0.3, -0.25) is 24.3 Å². The highest BCUT2D eigenvalue weighted by Crippen LogP contribution is 2.30. The minimum Gasteiger partial charge on any atom is -0.353 e. The predicted molar refractivity (Wildman–Crippen MR) is 131 cm³/mol. The van der Waals surface area contributed by atoms with Crippen LogP contribution in [0.15, 0.2) is 49.1 Å². The lowest BCUT2D eigenvalue weighted by atomic mass is 10.1. The second kappa shape index (κ2) is 9.14. The van der Waals surface area contributed by atoms with Gasteiger partial charge in [0.15, 0.2) is 0 Å². The number of anilines is 2. The number of rotatable bonds is 5. The van der Waals surface area contributed by atoms with Gasteiger partial charge in [0.1, 0.15) is 17.3 Å². The van der Waals surface area contributed by atoms with Crippen molar-refractivity contribution in [3.8, 4) is 11.4 Å². The van der Waals surface area contributed by atoms with E-state index in [4.69, 9.17) is 4.98 Å². The van der Waals surface area contributed by atoms with Gasteiger partial charge in [0, 0.05) is 68.8 Å². The van der Waals surface area contributed by atoms with E-state index in [1.54, 1.807) is 29.2 Å². The molecule has 0 aromatic carbocycles. The van der Waals surface area contributed by atoms with Crippen LogP contribution >= 0.6 is 0 Å². The molecule has 5 rings (SSSR count). The van der Waals surface area contributed by atoms with E-state index in [0.29, 0.717) is 28.8 Å². The number of amides is 1. The Bertz CT molecular complexity index is 1310. The molecule has 0 saturated carbocycles. The Balaban J connectivity index is 1.53. The first-order valence-electron chi connectivity index (χ1n) is 11.4. The number of carbonyl (C=O) groups is 1. The average Bonchev–Trinajstić information content (AvgIpc) is 3.30. The molecule has 5 heterocycles. The van der Waals surface area contributed by atoms with E-state index in [2.05, 4.69) is 49.2 Å². The van der Waals surface area contributed by atoms with Crippen LogP contribution in [0.3, 0.4) is 0 Å². The highest BCUT2D eigenvalue weighted by molar-refractivity contribution is 6.05. The fraction of sp³-hybridized carbons (Fsp3) is 0.333. The summed E-state index contributed by atoms with van der Waals surface area (Å²) in [5.74, 6) is 1.09. The normalized spacial score (nSPS) is 14.6. The van der Waals surface area contributed by atoms with Crippen molar-refractivity contribution in [3.63, 3.8) is 0 Å². The first kappa shape index (κ1) is 21.9. The molecule has 1 fully saturated rings. The molecule has 0 radical (unpaired) electrons. The lowest BCUT2D eigenvalue weighted by Gasteiger charge is -2.38. The van der Waals surface area contributed by atoms with Crippen molar-refractivity contribution in [2.75, 3.05) is 36.4 Å². The molecule has 10 heteroatoms. The molecule has 1 aliphatic rings. The van der Waals surface area contributed by atoms with Crippen LogP contribution < -0.4 is 10.2 Å². The van der Waals surface area contributed by atoms with Crippen LogP contribution in [-0.2, 0) is 7.05 Å². The standard InChI is InChI=1S/C24H27N9O/c1-16(2)32-8-10-33(11-9-32)23-19-14-26-20(21-15-31(3)30-29-21)12-18(19)13-22(27-23)28-24(34)17-4-6-25-7-5-17/h4-7,12-16H,8-11H2,1-3H3,(H,27,28,34). The molecule has 174 valence electrons. The van der Waals surface area contributed by atoms with E-state index in [0.717, 1.165) is 42.8 Å². The molecule has 1 N–H and O–H groups in total. The van der Waals surface area contributed by atoms with E-state index < -0.39 is 0 Å². The van der Waals surface area contributed by atoms with Gasteiger partial charge in [-0.2, -0.15) is 0 Å². The number of nitrogens with zero attached hydrogens (tertiary/aromatic N) is 8. The minimum absolute atomic E-state index is 0.229. The number of fused-ring (bicyclic) bond motifs is 1. The van der Waals surface area contributed by atoms with E-state index in [-0.39, 0.29) is 5.91 Å². The maximum absolute atomic E-state index is 12.8. The second-order valence-electron chi connectivity index (χ2n) is 8.71. The molecule has 0 aliphatic carbocycles. The number of pyridine rings is 3. The van der Waals surface area contributed by atoms with Crippen molar-refractivity contribution in [1.82, 2.24) is 34.8 Å². The number of hydrogen-bond donors (Lipinski definition) is 1. The molecular weight excluding hydrogens is 430 g/mol. The SMILES string of the molecule is CC(C)N1CCN(c2nc(NC(=O)c3ccncc3)cc3cc(-c4cn(C)nn4)ncc23)CC1. The van der Waals surface area contributed by atoms with Gasteiger partial charge in [-0.15, -0.1) is 5.10 Å². The third-order valence-corrected chi connectivity index (χ3v) is 6.09. The Kier molecular flexibility index (Phi) is 5.89. The quantitative estimate of drug-likeness (QED) is 0.488. The summed E-state index contributed by atoms with van der Waals surface area (Å²) in [4.78, 5) is 31.0. The summed E-state index contributed by atoms with van der Waals surface area (Å²) >= 11 is 0. The van der Waals surface area contributed by atoms with Crippen LogP contribution in [0, 0.1) is 0 Å². The van der Waals surface area contributed by atoms with Crippen LogP contribution in [0.2, 0.25) is 0 Å². The van der Waals surface area contributed by atoms with E-state index in [1.165, 1.54) is 0 Å². The highest BCUT2D eigenvalue weighted by atomic mass is 16.1. The summed E-state index contributed by atoms with van der Waals surface area (Å²) in [5, 5.41) is 13.0. The van der Waals surface area contributed by atoms with Gasteiger partial charge in [0.2, 0.25) is 0 Å². The van der Waals surface area contributed by atoms with Crippen LogP contribution in [0.1, 0.15) is 24.2 Å². The van der Waals surface area contributed by atoms with E-state index in [9.17, 15) is 4.79 Å². The summed E-state index contributed by atoms with van der Waals surface area (Å²) in [6.07, 6.45) is 6.86. The summed E-state index contributed by atoms with van der Waals surface area (Å²) in [6.45, 7) is 8.06. The molecule has 1 saturated heterocycles. The molecule has 0 spiro atoms. The number of aromatic nitrogens is 6. The Morgan fingerprint density at radius 1 is 1.06 bits per heavy atom. The molecule has 10 nitrogen and oxygen atoms in total. The molecule has 34 heavy (non-hydrogen) atoms. The fourth-order valence-corrected chi connectivity index (χ4v) is 4.18. The van der Waals surface area contributed by atoms with Crippen molar-refractivity contribution in [3.05, 3.63) is 54.6 Å². The summed E-state index contributed by atoms with van der Waals surface area (Å²) < 4.78 is 1.65. The Hall–Kier alpha value is -3.92.